The molecule has 1 spiro atoms. The van der Waals surface area contributed by atoms with E-state index in [4.69, 9.17) is 37.4 Å². The Hall–Kier alpha value is -1.25. The molecular weight excluding hydrogens is 399 g/mol. The van der Waals surface area contributed by atoms with Gasteiger partial charge in [-0.1, -0.05) is 23.2 Å². The van der Waals surface area contributed by atoms with Crippen molar-refractivity contribution in [3.63, 3.8) is 0 Å². The number of aliphatic hydroxyl groups is 1. The van der Waals surface area contributed by atoms with E-state index in [0.29, 0.717) is 13.2 Å². The summed E-state index contributed by atoms with van der Waals surface area (Å²) in [5.41, 5.74) is -0.0660. The number of benzene rings is 1. The van der Waals surface area contributed by atoms with Crippen LogP contribution in [-0.4, -0.2) is 55.0 Å². The summed E-state index contributed by atoms with van der Waals surface area (Å²) in [4.78, 5) is 11.7. The summed E-state index contributed by atoms with van der Waals surface area (Å²) in [6.07, 6.45) is 2.18. The van der Waals surface area contributed by atoms with Gasteiger partial charge in [0.15, 0.2) is 17.3 Å². The number of hydrogen-bond donors (Lipinski definition) is 2. The lowest BCUT2D eigenvalue weighted by atomic mass is 9.82. The van der Waals surface area contributed by atoms with Crippen molar-refractivity contribution in [3.8, 4) is 11.5 Å². The molecule has 1 aromatic carbocycles. The third kappa shape index (κ3) is 4.27. The first-order chi connectivity index (χ1) is 12.9. The third-order valence-corrected chi connectivity index (χ3v) is 5.76. The minimum Gasteiger partial charge on any atom is -0.503 e. The molecule has 1 saturated heterocycles. The maximum atomic E-state index is 11.7. The Labute approximate surface area is 167 Å². The molecule has 1 atom stereocenters. The van der Waals surface area contributed by atoms with Crippen LogP contribution in [0, 0.1) is 5.92 Å². The van der Waals surface area contributed by atoms with Gasteiger partial charge in [0.05, 0.1) is 37.0 Å². The lowest BCUT2D eigenvalue weighted by Crippen LogP contribution is -2.39. The number of phenolic OH excluding ortho intramolecular Hbond substituents is 1. The Bertz CT molecular complexity index is 693. The topological polar surface area (TPSA) is 94.5 Å². The van der Waals surface area contributed by atoms with Gasteiger partial charge in [-0.3, -0.25) is 0 Å². The normalized spacial score (nSPS) is 20.6. The zero-order valence-corrected chi connectivity index (χ0v) is 16.4. The van der Waals surface area contributed by atoms with Crippen molar-refractivity contribution in [2.75, 3.05) is 26.9 Å². The Morgan fingerprint density at radius 3 is 2.56 bits per heavy atom. The van der Waals surface area contributed by atoms with Crippen LogP contribution in [0.4, 0.5) is 0 Å². The van der Waals surface area contributed by atoms with E-state index in [9.17, 15) is 15.0 Å². The third-order valence-electron chi connectivity index (χ3n) is 5.10. The molecule has 1 aromatic rings. The van der Waals surface area contributed by atoms with Crippen LogP contribution in [-0.2, 0) is 14.2 Å². The number of carbonyl (C=O) groups is 1. The van der Waals surface area contributed by atoms with Crippen molar-refractivity contribution in [1.29, 1.82) is 0 Å². The van der Waals surface area contributed by atoms with Gasteiger partial charge in [0.2, 0.25) is 0 Å². The lowest BCUT2D eigenvalue weighted by Gasteiger charge is -2.37. The Kier molecular flexibility index (Phi) is 6.38. The fourth-order valence-electron chi connectivity index (χ4n) is 3.55. The molecule has 2 N–H and O–H groups in total. The molecule has 1 aliphatic carbocycles. The Morgan fingerprint density at radius 1 is 1.33 bits per heavy atom. The van der Waals surface area contributed by atoms with E-state index >= 15 is 0 Å². The summed E-state index contributed by atoms with van der Waals surface area (Å²) in [7, 11) is 1.19. The minimum atomic E-state index is -0.752. The molecule has 9 heteroatoms. The summed E-state index contributed by atoms with van der Waals surface area (Å²) in [6, 6.07) is 1.26. The van der Waals surface area contributed by atoms with E-state index in [2.05, 4.69) is 4.74 Å². The quantitative estimate of drug-likeness (QED) is 0.706. The Morgan fingerprint density at radius 2 is 1.96 bits per heavy atom. The summed E-state index contributed by atoms with van der Waals surface area (Å²) >= 11 is 12.1. The summed E-state index contributed by atoms with van der Waals surface area (Å²) in [5.74, 6) is -1.74. The number of aliphatic hydroxyl groups excluding tert-OH is 1. The van der Waals surface area contributed by atoms with E-state index in [-0.39, 0.29) is 33.9 Å². The second-order valence-corrected chi connectivity index (χ2v) is 7.50. The number of hydrogen-bond acceptors (Lipinski definition) is 7. The molecular formula is C18H22Cl2O7. The molecule has 2 aliphatic rings. The average molecular weight is 421 g/mol. The first-order valence-corrected chi connectivity index (χ1v) is 9.50. The van der Waals surface area contributed by atoms with Gasteiger partial charge in [-0.25, -0.2) is 4.79 Å². The maximum absolute atomic E-state index is 11.7. The highest BCUT2D eigenvalue weighted by Crippen LogP contribution is 2.43. The minimum absolute atomic E-state index is 0.000136. The van der Waals surface area contributed by atoms with Crippen LogP contribution < -0.4 is 4.74 Å². The molecule has 0 amide bonds. The predicted molar refractivity (Wildman–Crippen MR) is 97.6 cm³/mol. The van der Waals surface area contributed by atoms with E-state index in [1.165, 1.54) is 13.2 Å². The van der Waals surface area contributed by atoms with Gasteiger partial charge in [0.25, 0.3) is 0 Å². The van der Waals surface area contributed by atoms with Crippen LogP contribution in [0.5, 0.6) is 11.5 Å². The van der Waals surface area contributed by atoms with Crippen LogP contribution >= 0.6 is 23.2 Å². The van der Waals surface area contributed by atoms with Crippen molar-refractivity contribution in [2.45, 2.75) is 37.6 Å². The van der Waals surface area contributed by atoms with Crippen LogP contribution in [0.3, 0.4) is 0 Å². The van der Waals surface area contributed by atoms with Crippen molar-refractivity contribution >= 4 is 29.2 Å². The van der Waals surface area contributed by atoms with Crippen LogP contribution in [0.15, 0.2) is 6.07 Å². The number of rotatable bonds is 5. The summed E-state index contributed by atoms with van der Waals surface area (Å²) < 4.78 is 21.5. The summed E-state index contributed by atoms with van der Waals surface area (Å²) in [5, 5.41) is 20.4. The van der Waals surface area contributed by atoms with Crippen LogP contribution in [0.25, 0.3) is 0 Å². The van der Waals surface area contributed by atoms with Gasteiger partial charge in [-0.05, 0) is 24.8 Å². The first kappa shape index (κ1) is 20.5. The molecule has 1 unspecified atom stereocenters. The summed E-state index contributed by atoms with van der Waals surface area (Å²) in [6.45, 7) is 1.15. The monoisotopic (exact) mass is 420 g/mol. The van der Waals surface area contributed by atoms with Crippen molar-refractivity contribution in [1.82, 2.24) is 0 Å². The first-order valence-electron chi connectivity index (χ1n) is 8.75. The Balaban J connectivity index is 1.61. The second kappa shape index (κ2) is 8.41. The predicted octanol–water partition coefficient (Wildman–Crippen LogP) is 3.16. The van der Waals surface area contributed by atoms with Gasteiger partial charge in [0, 0.05) is 12.8 Å². The number of ether oxygens (including phenoxy) is 4. The molecule has 1 heterocycles. The van der Waals surface area contributed by atoms with Gasteiger partial charge in [-0.15, -0.1) is 0 Å². The highest BCUT2D eigenvalue weighted by molar-refractivity contribution is 6.38. The fourth-order valence-corrected chi connectivity index (χ4v) is 4.02. The van der Waals surface area contributed by atoms with Crippen LogP contribution in [0.2, 0.25) is 10.0 Å². The number of halogens is 2. The van der Waals surface area contributed by atoms with E-state index < -0.39 is 23.6 Å². The van der Waals surface area contributed by atoms with Gasteiger partial charge in [0.1, 0.15) is 11.6 Å². The molecule has 1 aliphatic heterocycles. The smallest absolute Gasteiger partial charge is 0.339 e. The van der Waals surface area contributed by atoms with Gasteiger partial charge >= 0.3 is 5.97 Å². The number of phenols is 1. The largest absolute Gasteiger partial charge is 0.503 e. The molecule has 0 aromatic heterocycles. The molecule has 0 bridgehead atoms. The standard InChI is InChI=1S/C18H22Cl2O7/c1-24-17(23)11-8-12(19)16(15(22)14(11)20)25-9-13(21)10-2-4-18(5-3-10)26-6-7-27-18/h8,10,13,21-22H,2-7,9H2,1H3. The molecule has 27 heavy (non-hydrogen) atoms. The highest BCUT2D eigenvalue weighted by atomic mass is 35.5. The zero-order chi connectivity index (χ0) is 19.6. The second-order valence-electron chi connectivity index (χ2n) is 6.71. The molecule has 0 radical (unpaired) electrons. The van der Waals surface area contributed by atoms with E-state index in [1.54, 1.807) is 0 Å². The SMILES string of the molecule is COC(=O)c1cc(Cl)c(OCC(O)C2CCC3(CC2)OCCO3)c(O)c1Cl. The number of carbonyl (C=O) groups excluding carboxylic acids is 1. The van der Waals surface area contributed by atoms with Gasteiger partial charge in [-0.2, -0.15) is 0 Å². The zero-order valence-electron chi connectivity index (χ0n) is 14.9. The molecule has 150 valence electrons. The van der Waals surface area contributed by atoms with E-state index in [0.717, 1.165) is 25.7 Å². The maximum Gasteiger partial charge on any atom is 0.339 e. The highest BCUT2D eigenvalue weighted by Gasteiger charge is 2.41. The number of esters is 1. The molecule has 2 fully saturated rings. The molecule has 7 nitrogen and oxygen atoms in total. The van der Waals surface area contributed by atoms with Gasteiger partial charge < -0.3 is 29.2 Å². The fraction of sp³-hybridized carbons (Fsp3) is 0.611. The van der Waals surface area contributed by atoms with E-state index in [1.807, 2.05) is 0 Å². The lowest BCUT2D eigenvalue weighted by molar-refractivity contribution is -0.187. The van der Waals surface area contributed by atoms with Crippen molar-refractivity contribution in [3.05, 3.63) is 21.7 Å². The van der Waals surface area contributed by atoms with Crippen molar-refractivity contribution < 1.29 is 34.0 Å². The molecule has 3 rings (SSSR count). The molecule has 1 saturated carbocycles. The van der Waals surface area contributed by atoms with Crippen molar-refractivity contribution in [2.24, 2.45) is 5.92 Å². The van der Waals surface area contributed by atoms with Crippen LogP contribution in [0.1, 0.15) is 36.0 Å². The number of methoxy groups -OCH3 is 1. The number of aromatic hydroxyl groups is 1. The average Bonchev–Trinajstić information content (AvgIpc) is 3.12.